The maximum Gasteiger partial charge on any atom is 0.289 e. The van der Waals surface area contributed by atoms with Gasteiger partial charge in [0.1, 0.15) is 0 Å². The molecule has 1 aliphatic rings. The van der Waals surface area contributed by atoms with E-state index in [1.807, 2.05) is 0 Å². The summed E-state index contributed by atoms with van der Waals surface area (Å²) in [6.07, 6.45) is 0.567. The van der Waals surface area contributed by atoms with Gasteiger partial charge in [-0.05, 0) is 37.5 Å². The van der Waals surface area contributed by atoms with Crippen LogP contribution < -0.4 is 5.73 Å². The summed E-state index contributed by atoms with van der Waals surface area (Å²) >= 11 is 0. The van der Waals surface area contributed by atoms with E-state index < -0.39 is 14.9 Å². The van der Waals surface area contributed by atoms with Crippen molar-refractivity contribution in [2.45, 2.75) is 31.2 Å². The molecular formula is C12H18ClN3O4S. The lowest BCUT2D eigenvalue weighted by Gasteiger charge is -2.16. The van der Waals surface area contributed by atoms with Gasteiger partial charge in [-0.25, -0.2) is 8.42 Å². The van der Waals surface area contributed by atoms with Crippen molar-refractivity contribution < 1.29 is 13.3 Å². The summed E-state index contributed by atoms with van der Waals surface area (Å²) in [5.74, 6) is 0. The molecule has 1 heterocycles. The number of hydrogen-bond acceptors (Lipinski definition) is 5. The lowest BCUT2D eigenvalue weighted by atomic mass is 10.1. The van der Waals surface area contributed by atoms with Crippen molar-refractivity contribution in [3.63, 3.8) is 0 Å². The molecule has 0 aliphatic carbocycles. The minimum absolute atomic E-state index is 0. The van der Waals surface area contributed by atoms with E-state index in [2.05, 4.69) is 0 Å². The zero-order valence-corrected chi connectivity index (χ0v) is 13.4. The molecule has 0 spiro atoms. The highest BCUT2D eigenvalue weighted by Gasteiger charge is 2.35. The Bertz CT molecular complexity index is 663. The molecule has 0 aromatic heterocycles. The van der Waals surface area contributed by atoms with Crippen LogP contribution in [0.4, 0.5) is 5.69 Å². The predicted octanol–water partition coefficient (Wildman–Crippen LogP) is 1.36. The summed E-state index contributed by atoms with van der Waals surface area (Å²) < 4.78 is 26.3. The van der Waals surface area contributed by atoms with Gasteiger partial charge in [0, 0.05) is 25.2 Å². The fourth-order valence-corrected chi connectivity index (χ4v) is 3.97. The molecule has 1 aromatic rings. The van der Waals surface area contributed by atoms with Crippen LogP contribution >= 0.6 is 12.4 Å². The molecule has 1 fully saturated rings. The molecule has 2 rings (SSSR count). The number of sulfonamides is 1. The highest BCUT2D eigenvalue weighted by atomic mass is 35.5. The molecule has 1 aromatic carbocycles. The van der Waals surface area contributed by atoms with E-state index in [4.69, 9.17) is 5.73 Å². The van der Waals surface area contributed by atoms with E-state index in [1.165, 1.54) is 16.4 Å². The average molecular weight is 336 g/mol. The van der Waals surface area contributed by atoms with E-state index in [0.717, 1.165) is 0 Å². The van der Waals surface area contributed by atoms with Gasteiger partial charge in [0.25, 0.3) is 5.69 Å². The van der Waals surface area contributed by atoms with Gasteiger partial charge in [-0.15, -0.1) is 12.4 Å². The monoisotopic (exact) mass is 335 g/mol. The number of halogens is 1. The second-order valence-electron chi connectivity index (χ2n) is 5.07. The maximum atomic E-state index is 12.5. The summed E-state index contributed by atoms with van der Waals surface area (Å²) in [7, 11) is -3.87. The van der Waals surface area contributed by atoms with Crippen LogP contribution in [0.2, 0.25) is 0 Å². The van der Waals surface area contributed by atoms with E-state index in [-0.39, 0.29) is 35.6 Å². The largest absolute Gasteiger partial charge is 0.326 e. The van der Waals surface area contributed by atoms with Crippen LogP contribution in [-0.4, -0.2) is 36.8 Å². The highest BCUT2D eigenvalue weighted by molar-refractivity contribution is 7.89. The van der Waals surface area contributed by atoms with E-state index in [1.54, 1.807) is 13.8 Å². The molecule has 0 unspecified atom stereocenters. The molecule has 7 nitrogen and oxygen atoms in total. The van der Waals surface area contributed by atoms with Crippen molar-refractivity contribution in [3.8, 4) is 0 Å². The molecule has 0 bridgehead atoms. The van der Waals surface area contributed by atoms with Crippen LogP contribution in [0.25, 0.3) is 0 Å². The second kappa shape index (κ2) is 6.27. The van der Waals surface area contributed by atoms with Crippen LogP contribution in [-0.2, 0) is 10.0 Å². The first kappa shape index (κ1) is 17.8. The van der Waals surface area contributed by atoms with E-state index in [9.17, 15) is 18.5 Å². The molecule has 0 amide bonds. The summed E-state index contributed by atoms with van der Waals surface area (Å²) in [5, 5.41) is 11.1. The Morgan fingerprint density at radius 1 is 1.33 bits per heavy atom. The number of nitro groups is 1. The summed E-state index contributed by atoms with van der Waals surface area (Å²) in [4.78, 5) is 10.2. The van der Waals surface area contributed by atoms with Crippen molar-refractivity contribution in [2.24, 2.45) is 5.73 Å². The van der Waals surface area contributed by atoms with Crippen LogP contribution in [0.15, 0.2) is 17.0 Å². The van der Waals surface area contributed by atoms with E-state index in [0.29, 0.717) is 24.1 Å². The Morgan fingerprint density at radius 3 is 2.38 bits per heavy atom. The molecular weight excluding hydrogens is 318 g/mol. The Balaban J connectivity index is 0.00000220. The Labute approximate surface area is 129 Å². The predicted molar refractivity (Wildman–Crippen MR) is 81.2 cm³/mol. The van der Waals surface area contributed by atoms with Crippen LogP contribution in [0.1, 0.15) is 17.5 Å². The zero-order chi connectivity index (χ0) is 15.1. The summed E-state index contributed by atoms with van der Waals surface area (Å²) in [6, 6.07) is 2.46. The smallest absolute Gasteiger partial charge is 0.289 e. The molecule has 2 N–H and O–H groups in total. The third kappa shape index (κ3) is 3.34. The van der Waals surface area contributed by atoms with Gasteiger partial charge in [0.05, 0.1) is 4.92 Å². The number of benzene rings is 1. The van der Waals surface area contributed by atoms with Crippen molar-refractivity contribution >= 4 is 28.1 Å². The lowest BCUT2D eigenvalue weighted by Crippen LogP contribution is -2.32. The van der Waals surface area contributed by atoms with Gasteiger partial charge in [-0.3, -0.25) is 10.1 Å². The van der Waals surface area contributed by atoms with Gasteiger partial charge in [-0.2, -0.15) is 4.31 Å². The maximum absolute atomic E-state index is 12.5. The molecule has 1 saturated heterocycles. The quantitative estimate of drug-likeness (QED) is 0.663. The summed E-state index contributed by atoms with van der Waals surface area (Å²) in [6.45, 7) is 3.94. The topological polar surface area (TPSA) is 107 Å². The summed E-state index contributed by atoms with van der Waals surface area (Å²) in [5.41, 5.74) is 6.73. The first-order valence-electron chi connectivity index (χ1n) is 6.25. The molecule has 118 valence electrons. The number of nitrogens with two attached hydrogens (primary N) is 1. The van der Waals surface area contributed by atoms with Crippen molar-refractivity contribution in [3.05, 3.63) is 33.4 Å². The normalized spacial score (nSPS) is 19.3. The first-order valence-corrected chi connectivity index (χ1v) is 7.69. The Hall–Kier alpha value is -1.22. The SMILES string of the molecule is Cc1cc([N+](=O)[O-])c(S(=O)(=O)N2CC[C@@H](N)C2)cc1C.Cl. The van der Waals surface area contributed by atoms with Gasteiger partial charge >= 0.3 is 0 Å². The number of hydrogen-bond donors (Lipinski definition) is 1. The van der Waals surface area contributed by atoms with Crippen LogP contribution in [0.3, 0.4) is 0 Å². The minimum Gasteiger partial charge on any atom is -0.326 e. The molecule has 0 radical (unpaired) electrons. The fourth-order valence-electron chi connectivity index (χ4n) is 2.24. The third-order valence-electron chi connectivity index (χ3n) is 3.58. The Kier molecular flexibility index (Phi) is 5.32. The standard InChI is InChI=1S/C12H17N3O4S.ClH/c1-8-5-11(15(16)17)12(6-9(8)2)20(18,19)14-4-3-10(13)7-14;/h5-6,10H,3-4,7,13H2,1-2H3;1H/t10-;/m1./s1. The molecule has 9 heteroatoms. The van der Waals surface area contributed by atoms with Crippen molar-refractivity contribution in [1.82, 2.24) is 4.31 Å². The number of aryl methyl sites for hydroxylation is 2. The van der Waals surface area contributed by atoms with Gasteiger partial charge < -0.3 is 5.73 Å². The van der Waals surface area contributed by atoms with Crippen molar-refractivity contribution in [2.75, 3.05) is 13.1 Å². The zero-order valence-electron chi connectivity index (χ0n) is 11.8. The van der Waals surface area contributed by atoms with Crippen LogP contribution in [0, 0.1) is 24.0 Å². The van der Waals surface area contributed by atoms with Gasteiger partial charge in [0.2, 0.25) is 10.0 Å². The highest BCUT2D eigenvalue weighted by Crippen LogP contribution is 2.31. The molecule has 1 aliphatic heterocycles. The first-order chi connectivity index (χ1) is 9.23. The molecule has 21 heavy (non-hydrogen) atoms. The van der Waals surface area contributed by atoms with Crippen LogP contribution in [0.5, 0.6) is 0 Å². The van der Waals surface area contributed by atoms with Gasteiger partial charge in [-0.1, -0.05) is 0 Å². The van der Waals surface area contributed by atoms with E-state index >= 15 is 0 Å². The van der Waals surface area contributed by atoms with Gasteiger partial charge in [0.15, 0.2) is 4.90 Å². The average Bonchev–Trinajstić information content (AvgIpc) is 2.79. The fraction of sp³-hybridized carbons (Fsp3) is 0.500. The minimum atomic E-state index is -3.87. The molecule has 0 saturated carbocycles. The lowest BCUT2D eigenvalue weighted by molar-refractivity contribution is -0.387. The third-order valence-corrected chi connectivity index (χ3v) is 5.47. The number of rotatable bonds is 3. The number of nitro benzene ring substituents is 1. The van der Waals surface area contributed by atoms with Crippen molar-refractivity contribution in [1.29, 1.82) is 0 Å². The molecule has 1 atom stereocenters. The Morgan fingerprint density at radius 2 is 1.90 bits per heavy atom. The number of nitrogens with zero attached hydrogens (tertiary/aromatic N) is 2. The second-order valence-corrected chi connectivity index (χ2v) is 6.98.